The lowest BCUT2D eigenvalue weighted by atomic mass is 9.81. The van der Waals surface area contributed by atoms with Crippen LogP contribution in [0.2, 0.25) is 0 Å². The molecule has 4 heteroatoms. The molecule has 122 valence electrons. The first kappa shape index (κ1) is 19.8. The lowest BCUT2D eigenvalue weighted by molar-refractivity contribution is 0.0836. The maximum Gasteiger partial charge on any atom is 0.0589 e. The Balaban J connectivity index is 4.50. The molecule has 0 saturated carbocycles. The number of methoxy groups -OCH3 is 1. The highest BCUT2D eigenvalue weighted by Gasteiger charge is 2.28. The largest absolute Gasteiger partial charge is 0.395 e. The fraction of sp³-hybridized carbons (Fsp3) is 1.00. The molecule has 0 spiro atoms. The first-order valence-corrected chi connectivity index (χ1v) is 8.06. The summed E-state index contributed by atoms with van der Waals surface area (Å²) in [6.45, 7) is 14.7. The maximum atomic E-state index is 9.23. The van der Waals surface area contributed by atoms with E-state index in [0.717, 1.165) is 52.2 Å². The molecule has 0 aromatic rings. The number of hydrogen-bond acceptors (Lipinski definition) is 4. The normalized spacial score (nSPS) is 12.6. The summed E-state index contributed by atoms with van der Waals surface area (Å²) >= 11 is 0. The van der Waals surface area contributed by atoms with Gasteiger partial charge in [0.05, 0.1) is 13.2 Å². The van der Waals surface area contributed by atoms with Crippen LogP contribution in [-0.2, 0) is 4.74 Å². The van der Waals surface area contributed by atoms with Gasteiger partial charge >= 0.3 is 0 Å². The number of aliphatic hydroxyl groups excluding tert-OH is 1. The summed E-state index contributed by atoms with van der Waals surface area (Å²) in [6.07, 6.45) is 2.31. The van der Waals surface area contributed by atoms with Gasteiger partial charge in [0, 0.05) is 33.3 Å². The van der Waals surface area contributed by atoms with Crippen LogP contribution in [0.5, 0.6) is 0 Å². The molecule has 0 atom stereocenters. The van der Waals surface area contributed by atoms with Gasteiger partial charge in [0.1, 0.15) is 0 Å². The number of rotatable bonds is 13. The van der Waals surface area contributed by atoms with Crippen molar-refractivity contribution in [2.24, 2.45) is 11.3 Å². The van der Waals surface area contributed by atoms with E-state index >= 15 is 0 Å². The molecule has 0 aliphatic carbocycles. The third-order valence-electron chi connectivity index (χ3n) is 4.14. The van der Waals surface area contributed by atoms with Crippen molar-refractivity contribution in [2.75, 3.05) is 53.0 Å². The number of hydrogen-bond donors (Lipinski definition) is 2. The van der Waals surface area contributed by atoms with Gasteiger partial charge in [-0.3, -0.25) is 4.90 Å². The molecule has 0 bridgehead atoms. The van der Waals surface area contributed by atoms with Crippen molar-refractivity contribution in [1.82, 2.24) is 10.2 Å². The monoisotopic (exact) mass is 288 g/mol. The predicted octanol–water partition coefficient (Wildman–Crippen LogP) is 1.98. The molecule has 0 rings (SSSR count). The average Bonchev–Trinajstić information content (AvgIpc) is 2.43. The first-order chi connectivity index (χ1) is 9.53. The molecule has 0 amide bonds. The van der Waals surface area contributed by atoms with E-state index < -0.39 is 0 Å². The Hall–Kier alpha value is -0.160. The molecule has 0 aliphatic rings. The summed E-state index contributed by atoms with van der Waals surface area (Å²) in [5.74, 6) is 0.684. The lowest BCUT2D eigenvalue weighted by Crippen LogP contribution is -2.46. The Kier molecular flexibility index (Phi) is 11.4. The van der Waals surface area contributed by atoms with E-state index in [9.17, 15) is 5.11 Å². The Bertz CT molecular complexity index is 219. The van der Waals surface area contributed by atoms with Crippen LogP contribution in [0, 0.1) is 11.3 Å². The van der Waals surface area contributed by atoms with Crippen molar-refractivity contribution >= 4 is 0 Å². The Morgan fingerprint density at radius 1 is 1.20 bits per heavy atom. The highest BCUT2D eigenvalue weighted by atomic mass is 16.5. The summed E-state index contributed by atoms with van der Waals surface area (Å²) in [6, 6.07) is 0. The highest BCUT2D eigenvalue weighted by molar-refractivity contribution is 4.83. The molecular formula is C16H36N2O2. The third kappa shape index (κ3) is 8.20. The van der Waals surface area contributed by atoms with Crippen molar-refractivity contribution in [3.63, 3.8) is 0 Å². The van der Waals surface area contributed by atoms with E-state index in [0.29, 0.717) is 5.92 Å². The summed E-state index contributed by atoms with van der Waals surface area (Å²) in [5, 5.41) is 12.8. The van der Waals surface area contributed by atoms with Gasteiger partial charge in [-0.1, -0.05) is 27.7 Å². The van der Waals surface area contributed by atoms with Gasteiger partial charge < -0.3 is 15.2 Å². The predicted molar refractivity (Wildman–Crippen MR) is 86.1 cm³/mol. The first-order valence-electron chi connectivity index (χ1n) is 8.06. The molecule has 20 heavy (non-hydrogen) atoms. The summed E-state index contributed by atoms with van der Waals surface area (Å²) in [4.78, 5) is 2.33. The van der Waals surface area contributed by atoms with Crippen LogP contribution < -0.4 is 5.32 Å². The highest BCUT2D eigenvalue weighted by Crippen LogP contribution is 2.27. The number of ether oxygens (including phenoxy) is 1. The smallest absolute Gasteiger partial charge is 0.0589 e. The standard InChI is InChI=1S/C16H36N2O2/c1-6-16(7-2,13-17-12-15(3)4)14-18(8-10-19)9-11-20-5/h15,17,19H,6-14H2,1-5H3. The Morgan fingerprint density at radius 2 is 1.85 bits per heavy atom. The van der Waals surface area contributed by atoms with Crippen LogP contribution in [0.1, 0.15) is 40.5 Å². The second kappa shape index (κ2) is 11.5. The molecule has 0 unspecified atom stereocenters. The van der Waals surface area contributed by atoms with E-state index in [4.69, 9.17) is 4.74 Å². The van der Waals surface area contributed by atoms with Gasteiger partial charge in [0.15, 0.2) is 0 Å². The van der Waals surface area contributed by atoms with Gasteiger partial charge in [-0.15, -0.1) is 0 Å². The van der Waals surface area contributed by atoms with Gasteiger partial charge in [-0.25, -0.2) is 0 Å². The van der Waals surface area contributed by atoms with Crippen molar-refractivity contribution in [3.05, 3.63) is 0 Å². The molecule has 0 heterocycles. The fourth-order valence-electron chi connectivity index (χ4n) is 2.51. The topological polar surface area (TPSA) is 44.7 Å². The molecule has 0 saturated heterocycles. The third-order valence-corrected chi connectivity index (χ3v) is 4.14. The van der Waals surface area contributed by atoms with Gasteiger partial charge in [0.25, 0.3) is 0 Å². The van der Waals surface area contributed by atoms with Crippen molar-refractivity contribution in [3.8, 4) is 0 Å². The summed E-state index contributed by atoms with van der Waals surface area (Å²) in [5.41, 5.74) is 0.289. The van der Waals surface area contributed by atoms with Crippen LogP contribution in [0.15, 0.2) is 0 Å². The van der Waals surface area contributed by atoms with E-state index in [1.54, 1.807) is 7.11 Å². The number of nitrogens with zero attached hydrogens (tertiary/aromatic N) is 1. The summed E-state index contributed by atoms with van der Waals surface area (Å²) < 4.78 is 5.17. The minimum absolute atomic E-state index is 0.215. The van der Waals surface area contributed by atoms with Gasteiger partial charge in [-0.05, 0) is 30.7 Å². The molecule has 2 N–H and O–H groups in total. The molecule has 0 aliphatic heterocycles. The van der Waals surface area contributed by atoms with E-state index in [1.807, 2.05) is 0 Å². The second-order valence-electron chi connectivity index (χ2n) is 6.22. The lowest BCUT2D eigenvalue weighted by Gasteiger charge is -2.37. The average molecular weight is 288 g/mol. The molecule has 0 aromatic carbocycles. The SMILES string of the molecule is CCC(CC)(CNCC(C)C)CN(CCO)CCOC. The van der Waals surface area contributed by atoms with Crippen molar-refractivity contribution < 1.29 is 9.84 Å². The second-order valence-corrected chi connectivity index (χ2v) is 6.22. The fourth-order valence-corrected chi connectivity index (χ4v) is 2.51. The molecule has 4 nitrogen and oxygen atoms in total. The van der Waals surface area contributed by atoms with Gasteiger partial charge in [0.2, 0.25) is 0 Å². The molecule has 0 fully saturated rings. The van der Waals surface area contributed by atoms with Crippen LogP contribution in [-0.4, -0.2) is 63.1 Å². The number of nitrogens with one attached hydrogen (secondary N) is 1. The van der Waals surface area contributed by atoms with Crippen LogP contribution in [0.4, 0.5) is 0 Å². The van der Waals surface area contributed by atoms with Crippen molar-refractivity contribution in [2.45, 2.75) is 40.5 Å². The molecular weight excluding hydrogens is 252 g/mol. The zero-order chi connectivity index (χ0) is 15.4. The number of aliphatic hydroxyl groups is 1. The Labute approximate surface area is 125 Å². The van der Waals surface area contributed by atoms with E-state index in [1.165, 1.54) is 0 Å². The molecule has 0 aromatic heterocycles. The minimum atomic E-state index is 0.215. The zero-order valence-electron chi connectivity index (χ0n) is 14.2. The van der Waals surface area contributed by atoms with Crippen LogP contribution in [0.25, 0.3) is 0 Å². The minimum Gasteiger partial charge on any atom is -0.395 e. The quantitative estimate of drug-likeness (QED) is 0.544. The van der Waals surface area contributed by atoms with E-state index in [2.05, 4.69) is 37.9 Å². The molecule has 0 radical (unpaired) electrons. The van der Waals surface area contributed by atoms with E-state index in [-0.39, 0.29) is 12.0 Å². The maximum absolute atomic E-state index is 9.23. The zero-order valence-corrected chi connectivity index (χ0v) is 14.2. The van der Waals surface area contributed by atoms with Gasteiger partial charge in [-0.2, -0.15) is 0 Å². The van der Waals surface area contributed by atoms with Crippen molar-refractivity contribution in [1.29, 1.82) is 0 Å². The van der Waals surface area contributed by atoms with Crippen LogP contribution in [0.3, 0.4) is 0 Å². The Morgan fingerprint density at radius 3 is 2.30 bits per heavy atom. The summed E-state index contributed by atoms with van der Waals surface area (Å²) in [7, 11) is 1.73. The van der Waals surface area contributed by atoms with Crippen LogP contribution >= 0.6 is 0 Å².